The largest absolute Gasteiger partial charge is 0.0496 e. The third-order valence-corrected chi connectivity index (χ3v) is 3.43. The summed E-state index contributed by atoms with van der Waals surface area (Å²) in [5.74, 6) is 0. The van der Waals surface area contributed by atoms with Gasteiger partial charge in [-0.1, -0.05) is 0 Å². The molecule has 0 aliphatic carbocycles. The molecule has 0 atom stereocenters. The van der Waals surface area contributed by atoms with Crippen LogP contribution in [0.25, 0.3) is 0 Å². The summed E-state index contributed by atoms with van der Waals surface area (Å²) in [6, 6.07) is 6.13. The van der Waals surface area contributed by atoms with Gasteiger partial charge in [-0.25, -0.2) is 0 Å². The number of halogens is 3. The minimum absolute atomic E-state index is 1.10. The van der Waals surface area contributed by atoms with Crippen molar-refractivity contribution >= 4 is 54.5 Å². The number of benzene rings is 1. The van der Waals surface area contributed by atoms with Crippen molar-refractivity contribution in [1.29, 1.82) is 0 Å². The van der Waals surface area contributed by atoms with E-state index in [-0.39, 0.29) is 0 Å². The van der Waals surface area contributed by atoms with E-state index < -0.39 is 0 Å². The van der Waals surface area contributed by atoms with Gasteiger partial charge in [0.25, 0.3) is 0 Å². The van der Waals surface area contributed by atoms with Gasteiger partial charge >= 0.3 is 0 Å². The molecule has 0 radical (unpaired) electrons. The van der Waals surface area contributed by atoms with Gasteiger partial charge in [0.05, 0.1) is 0 Å². The van der Waals surface area contributed by atoms with Crippen LogP contribution < -0.4 is 0 Å². The lowest BCUT2D eigenvalue weighted by Crippen LogP contribution is -1.70. The molecule has 9 heavy (non-hydrogen) atoms. The van der Waals surface area contributed by atoms with Crippen LogP contribution in [0.1, 0.15) is 0 Å². The Labute approximate surface area is 84.4 Å². The Morgan fingerprint density at radius 1 is 1.11 bits per heavy atom. The van der Waals surface area contributed by atoms with Crippen molar-refractivity contribution in [2.75, 3.05) is 0 Å². The molecule has 0 fully saturated rings. The SMILES string of the molecule is Brc1ccc(I)cc1Br. The van der Waals surface area contributed by atoms with E-state index in [9.17, 15) is 0 Å². The minimum Gasteiger partial charge on any atom is -0.0496 e. The molecule has 0 saturated heterocycles. The van der Waals surface area contributed by atoms with E-state index in [1.54, 1.807) is 0 Å². The molecule has 0 spiro atoms. The van der Waals surface area contributed by atoms with Gasteiger partial charge in [0.1, 0.15) is 0 Å². The van der Waals surface area contributed by atoms with Crippen molar-refractivity contribution in [2.24, 2.45) is 0 Å². The number of rotatable bonds is 0. The molecule has 0 saturated carbocycles. The molecular weight excluding hydrogens is 359 g/mol. The molecule has 0 aromatic heterocycles. The zero-order valence-electron chi connectivity index (χ0n) is 4.37. The molecular formula is C6H3Br2I. The molecule has 0 nitrogen and oxygen atoms in total. The second-order valence-corrected chi connectivity index (χ2v) is 4.51. The maximum Gasteiger partial charge on any atom is 0.0327 e. The molecule has 0 aliphatic rings. The predicted molar refractivity (Wildman–Crippen MR) is 54.6 cm³/mol. The van der Waals surface area contributed by atoms with Gasteiger partial charge in [-0.15, -0.1) is 0 Å². The molecule has 1 rings (SSSR count). The first-order chi connectivity index (χ1) is 4.20. The minimum atomic E-state index is 1.10. The van der Waals surface area contributed by atoms with E-state index in [4.69, 9.17) is 0 Å². The average molecular weight is 362 g/mol. The van der Waals surface area contributed by atoms with Crippen LogP contribution in [0, 0.1) is 3.57 Å². The monoisotopic (exact) mass is 360 g/mol. The van der Waals surface area contributed by atoms with Crippen LogP contribution >= 0.6 is 54.5 Å². The highest BCUT2D eigenvalue weighted by Crippen LogP contribution is 2.24. The Balaban J connectivity index is 3.17. The fourth-order valence-electron chi connectivity index (χ4n) is 0.470. The third kappa shape index (κ3) is 2.20. The van der Waals surface area contributed by atoms with E-state index in [0.29, 0.717) is 0 Å². The molecule has 48 valence electrons. The highest BCUT2D eigenvalue weighted by Gasteiger charge is 1.93. The summed E-state index contributed by atoms with van der Waals surface area (Å²) in [5, 5.41) is 0. The Kier molecular flexibility index (Phi) is 2.98. The van der Waals surface area contributed by atoms with Crippen molar-refractivity contribution in [1.82, 2.24) is 0 Å². The molecule has 0 bridgehead atoms. The van der Waals surface area contributed by atoms with Gasteiger partial charge in [-0.05, 0) is 72.6 Å². The van der Waals surface area contributed by atoms with Crippen molar-refractivity contribution in [3.8, 4) is 0 Å². The molecule has 0 unspecified atom stereocenters. The standard InChI is InChI=1S/C6H3Br2I/c7-5-2-1-4(9)3-6(5)8/h1-3H. The second-order valence-electron chi connectivity index (χ2n) is 1.56. The van der Waals surface area contributed by atoms with Crippen molar-refractivity contribution in [3.05, 3.63) is 30.7 Å². The number of hydrogen-bond donors (Lipinski definition) is 0. The van der Waals surface area contributed by atoms with Crippen LogP contribution in [0.2, 0.25) is 0 Å². The topological polar surface area (TPSA) is 0 Å². The van der Waals surface area contributed by atoms with Crippen LogP contribution in [0.5, 0.6) is 0 Å². The Bertz CT molecular complexity index is 222. The lowest BCUT2D eigenvalue weighted by molar-refractivity contribution is 1.55. The quantitative estimate of drug-likeness (QED) is 0.487. The Hall–Kier alpha value is 0.910. The summed E-state index contributed by atoms with van der Waals surface area (Å²) in [5.41, 5.74) is 0. The van der Waals surface area contributed by atoms with E-state index in [1.165, 1.54) is 3.57 Å². The normalized spacial score (nSPS) is 9.67. The van der Waals surface area contributed by atoms with E-state index in [1.807, 2.05) is 6.07 Å². The average Bonchev–Trinajstić information content (AvgIpc) is 1.80. The maximum atomic E-state index is 3.39. The summed E-state index contributed by atoms with van der Waals surface area (Å²) in [6.45, 7) is 0. The first-order valence-corrected chi connectivity index (χ1v) is 4.97. The lowest BCUT2D eigenvalue weighted by Gasteiger charge is -1.93. The molecule has 1 aromatic rings. The maximum absolute atomic E-state index is 3.39. The zero-order valence-corrected chi connectivity index (χ0v) is 9.70. The summed E-state index contributed by atoms with van der Waals surface area (Å²) in [7, 11) is 0. The highest BCUT2D eigenvalue weighted by atomic mass is 127. The summed E-state index contributed by atoms with van der Waals surface area (Å²) in [6.07, 6.45) is 0. The summed E-state index contributed by atoms with van der Waals surface area (Å²) < 4.78 is 3.44. The zero-order chi connectivity index (χ0) is 6.85. The van der Waals surface area contributed by atoms with Crippen LogP contribution in [0.3, 0.4) is 0 Å². The smallest absolute Gasteiger partial charge is 0.0327 e. The van der Waals surface area contributed by atoms with Crippen molar-refractivity contribution in [2.45, 2.75) is 0 Å². The van der Waals surface area contributed by atoms with E-state index >= 15 is 0 Å². The Morgan fingerprint density at radius 3 is 2.22 bits per heavy atom. The van der Waals surface area contributed by atoms with E-state index in [2.05, 4.69) is 66.6 Å². The molecule has 0 amide bonds. The number of hydrogen-bond acceptors (Lipinski definition) is 0. The highest BCUT2D eigenvalue weighted by molar-refractivity contribution is 14.1. The first kappa shape index (κ1) is 8.01. The van der Waals surface area contributed by atoms with Crippen LogP contribution in [-0.4, -0.2) is 0 Å². The van der Waals surface area contributed by atoms with Gasteiger partial charge in [0.2, 0.25) is 0 Å². The van der Waals surface area contributed by atoms with Gasteiger partial charge in [0, 0.05) is 12.5 Å². The van der Waals surface area contributed by atoms with Crippen molar-refractivity contribution < 1.29 is 0 Å². The van der Waals surface area contributed by atoms with Crippen LogP contribution in [0.4, 0.5) is 0 Å². The van der Waals surface area contributed by atoms with Gasteiger partial charge in [-0.3, -0.25) is 0 Å². The molecule has 0 N–H and O–H groups in total. The van der Waals surface area contributed by atoms with Gasteiger partial charge in [-0.2, -0.15) is 0 Å². The van der Waals surface area contributed by atoms with E-state index in [0.717, 1.165) is 8.95 Å². The molecule has 0 aliphatic heterocycles. The molecule has 3 heteroatoms. The summed E-state index contributed by atoms with van der Waals surface area (Å²) >= 11 is 9.04. The van der Waals surface area contributed by atoms with Crippen LogP contribution in [-0.2, 0) is 0 Å². The Morgan fingerprint density at radius 2 is 1.78 bits per heavy atom. The lowest BCUT2D eigenvalue weighted by atomic mass is 10.4. The van der Waals surface area contributed by atoms with Crippen molar-refractivity contribution in [3.63, 3.8) is 0 Å². The fourth-order valence-corrected chi connectivity index (χ4v) is 2.02. The fraction of sp³-hybridized carbons (Fsp3) is 0. The second kappa shape index (κ2) is 3.34. The third-order valence-electron chi connectivity index (χ3n) is 0.882. The van der Waals surface area contributed by atoms with Gasteiger partial charge in [0.15, 0.2) is 0 Å². The molecule has 0 heterocycles. The molecule has 1 aromatic carbocycles. The van der Waals surface area contributed by atoms with Gasteiger partial charge < -0.3 is 0 Å². The predicted octanol–water partition coefficient (Wildman–Crippen LogP) is 3.82. The van der Waals surface area contributed by atoms with Crippen LogP contribution in [0.15, 0.2) is 27.1 Å². The summed E-state index contributed by atoms with van der Waals surface area (Å²) in [4.78, 5) is 0. The first-order valence-electron chi connectivity index (χ1n) is 2.30.